The lowest BCUT2D eigenvalue weighted by Crippen LogP contribution is -2.17. The van der Waals surface area contributed by atoms with Crippen molar-refractivity contribution in [2.75, 3.05) is 25.6 Å². The van der Waals surface area contributed by atoms with Gasteiger partial charge in [-0.05, 0) is 25.3 Å². The van der Waals surface area contributed by atoms with Gasteiger partial charge in [-0.15, -0.1) is 21.5 Å². The molecular formula is C18H22N6O2S2. The number of thiophene rings is 1. The molecule has 0 saturated heterocycles. The van der Waals surface area contributed by atoms with Gasteiger partial charge in [0.15, 0.2) is 16.7 Å². The van der Waals surface area contributed by atoms with Crippen molar-refractivity contribution in [1.29, 1.82) is 0 Å². The first-order chi connectivity index (χ1) is 13.5. The lowest BCUT2D eigenvalue weighted by atomic mass is 10.2. The maximum atomic E-state index is 12.4. The minimum Gasteiger partial charge on any atom is -0.461 e. The van der Waals surface area contributed by atoms with E-state index in [9.17, 15) is 4.79 Å². The van der Waals surface area contributed by atoms with Crippen LogP contribution < -0.4 is 4.90 Å². The highest BCUT2D eigenvalue weighted by Crippen LogP contribution is 2.29. The number of carbonyl (C=O) groups excluding carboxylic acids is 1. The summed E-state index contributed by atoms with van der Waals surface area (Å²) in [5.74, 6) is 1.36. The largest absolute Gasteiger partial charge is 0.461 e. The molecule has 10 heteroatoms. The normalized spacial score (nSPS) is 10.9. The summed E-state index contributed by atoms with van der Waals surface area (Å²) in [7, 11) is 3.66. The number of rotatable bonds is 8. The second-order valence-corrected chi connectivity index (χ2v) is 7.87. The predicted molar refractivity (Wildman–Crippen MR) is 111 cm³/mol. The molecule has 3 rings (SSSR count). The second kappa shape index (κ2) is 9.16. The molecule has 0 radical (unpaired) electrons. The van der Waals surface area contributed by atoms with E-state index in [1.807, 2.05) is 31.6 Å². The standard InChI is InChI=1S/C18H22N6O2S2/c1-5-24-15(13-8-7-9-27-13)21-22-18(24)28-11-12-10-19-17(23(3)4)20-14(12)16(25)26-6-2/h7-10H,5-6,11H2,1-4H3. The maximum absolute atomic E-state index is 12.4. The number of carbonyl (C=O) groups is 1. The number of thioether (sulfide) groups is 1. The molecule has 0 aliphatic heterocycles. The van der Waals surface area contributed by atoms with Crippen molar-refractivity contribution in [3.05, 3.63) is 35.0 Å². The lowest BCUT2D eigenvalue weighted by molar-refractivity contribution is 0.0518. The van der Waals surface area contributed by atoms with Gasteiger partial charge in [-0.2, -0.15) is 0 Å². The van der Waals surface area contributed by atoms with Crippen molar-refractivity contribution in [2.45, 2.75) is 31.3 Å². The minimum absolute atomic E-state index is 0.286. The van der Waals surface area contributed by atoms with Gasteiger partial charge in [0.1, 0.15) is 0 Å². The number of ether oxygens (including phenoxy) is 1. The molecule has 148 valence electrons. The molecule has 0 aliphatic carbocycles. The molecule has 0 fully saturated rings. The molecular weight excluding hydrogens is 396 g/mol. The van der Waals surface area contributed by atoms with E-state index < -0.39 is 5.97 Å². The first-order valence-corrected chi connectivity index (χ1v) is 10.7. The summed E-state index contributed by atoms with van der Waals surface area (Å²) in [5, 5.41) is 11.5. The van der Waals surface area contributed by atoms with Gasteiger partial charge in [0.2, 0.25) is 5.95 Å². The molecule has 0 aromatic carbocycles. The van der Waals surface area contributed by atoms with Crippen LogP contribution in [0.5, 0.6) is 0 Å². The molecule has 0 N–H and O–H groups in total. The molecule has 0 amide bonds. The first kappa shape index (κ1) is 20.3. The van der Waals surface area contributed by atoms with Crippen LogP contribution in [-0.2, 0) is 17.0 Å². The fourth-order valence-electron chi connectivity index (χ4n) is 2.51. The van der Waals surface area contributed by atoms with Gasteiger partial charge in [0.05, 0.1) is 11.5 Å². The molecule has 0 unspecified atom stereocenters. The highest BCUT2D eigenvalue weighted by molar-refractivity contribution is 7.98. The summed E-state index contributed by atoms with van der Waals surface area (Å²) < 4.78 is 7.23. The Bertz CT molecular complexity index is 940. The SMILES string of the molecule is CCOC(=O)c1nc(N(C)C)ncc1CSc1nnc(-c2cccs2)n1CC. The van der Waals surface area contributed by atoms with Crippen molar-refractivity contribution in [2.24, 2.45) is 0 Å². The van der Waals surface area contributed by atoms with Crippen LogP contribution in [-0.4, -0.2) is 51.4 Å². The smallest absolute Gasteiger partial charge is 0.357 e. The van der Waals surface area contributed by atoms with E-state index in [1.165, 1.54) is 11.8 Å². The number of hydrogen-bond donors (Lipinski definition) is 0. The zero-order chi connectivity index (χ0) is 20.1. The van der Waals surface area contributed by atoms with E-state index in [0.29, 0.717) is 23.9 Å². The van der Waals surface area contributed by atoms with E-state index in [-0.39, 0.29) is 5.69 Å². The summed E-state index contributed by atoms with van der Waals surface area (Å²) in [4.78, 5) is 23.9. The Labute approximate surface area is 172 Å². The molecule has 3 heterocycles. The maximum Gasteiger partial charge on any atom is 0.357 e. The lowest BCUT2D eigenvalue weighted by Gasteiger charge is -2.13. The van der Waals surface area contributed by atoms with Gasteiger partial charge in [-0.1, -0.05) is 17.8 Å². The Hall–Kier alpha value is -2.46. The van der Waals surface area contributed by atoms with Gasteiger partial charge in [0.25, 0.3) is 0 Å². The second-order valence-electron chi connectivity index (χ2n) is 5.98. The van der Waals surface area contributed by atoms with Gasteiger partial charge in [-0.3, -0.25) is 0 Å². The number of esters is 1. The highest BCUT2D eigenvalue weighted by Gasteiger charge is 2.19. The Balaban J connectivity index is 1.85. The van der Waals surface area contributed by atoms with Crippen molar-refractivity contribution in [1.82, 2.24) is 24.7 Å². The van der Waals surface area contributed by atoms with E-state index in [1.54, 1.807) is 29.4 Å². The highest BCUT2D eigenvalue weighted by atomic mass is 32.2. The number of anilines is 1. The van der Waals surface area contributed by atoms with E-state index in [2.05, 4.69) is 31.7 Å². The van der Waals surface area contributed by atoms with E-state index in [4.69, 9.17) is 4.74 Å². The van der Waals surface area contributed by atoms with E-state index >= 15 is 0 Å². The van der Waals surface area contributed by atoms with Crippen LogP contribution in [0.1, 0.15) is 29.9 Å². The third-order valence-electron chi connectivity index (χ3n) is 3.85. The first-order valence-electron chi connectivity index (χ1n) is 8.85. The van der Waals surface area contributed by atoms with Crippen LogP contribution in [0.3, 0.4) is 0 Å². The van der Waals surface area contributed by atoms with Crippen LogP contribution in [0, 0.1) is 0 Å². The summed E-state index contributed by atoms with van der Waals surface area (Å²) in [5.41, 5.74) is 0.992. The quantitative estimate of drug-likeness (QED) is 0.407. The fourth-order valence-corrected chi connectivity index (χ4v) is 4.19. The van der Waals surface area contributed by atoms with Crippen molar-refractivity contribution < 1.29 is 9.53 Å². The van der Waals surface area contributed by atoms with Crippen LogP contribution in [0.15, 0.2) is 28.9 Å². The van der Waals surface area contributed by atoms with Crippen LogP contribution >= 0.6 is 23.1 Å². The summed E-state index contributed by atoms with van der Waals surface area (Å²) in [6.45, 7) is 4.88. The number of hydrogen-bond acceptors (Lipinski definition) is 9. The molecule has 0 aliphatic rings. The average Bonchev–Trinajstić information content (AvgIpc) is 3.35. The molecule has 0 spiro atoms. The monoisotopic (exact) mass is 418 g/mol. The average molecular weight is 419 g/mol. The molecule has 8 nitrogen and oxygen atoms in total. The fraction of sp³-hybridized carbons (Fsp3) is 0.389. The molecule has 3 aromatic rings. The van der Waals surface area contributed by atoms with Crippen molar-refractivity contribution >= 4 is 35.0 Å². The Morgan fingerprint density at radius 2 is 2.14 bits per heavy atom. The molecule has 0 bridgehead atoms. The number of aromatic nitrogens is 5. The zero-order valence-corrected chi connectivity index (χ0v) is 17.9. The van der Waals surface area contributed by atoms with Gasteiger partial charge in [-0.25, -0.2) is 14.8 Å². The summed E-state index contributed by atoms with van der Waals surface area (Å²) in [6.07, 6.45) is 1.68. The molecule has 0 atom stereocenters. The van der Waals surface area contributed by atoms with Crippen molar-refractivity contribution in [3.63, 3.8) is 0 Å². The Kier molecular flexibility index (Phi) is 6.63. The van der Waals surface area contributed by atoms with Crippen LogP contribution in [0.4, 0.5) is 5.95 Å². The van der Waals surface area contributed by atoms with Crippen LogP contribution in [0.25, 0.3) is 10.7 Å². The third kappa shape index (κ3) is 4.33. The zero-order valence-electron chi connectivity index (χ0n) is 16.2. The molecule has 28 heavy (non-hydrogen) atoms. The van der Waals surface area contributed by atoms with Gasteiger partial charge < -0.3 is 14.2 Å². The minimum atomic E-state index is -0.445. The molecule has 3 aromatic heterocycles. The van der Waals surface area contributed by atoms with Gasteiger partial charge in [0, 0.05) is 38.2 Å². The van der Waals surface area contributed by atoms with Crippen molar-refractivity contribution in [3.8, 4) is 10.7 Å². The summed E-state index contributed by atoms with van der Waals surface area (Å²) in [6, 6.07) is 4.03. The summed E-state index contributed by atoms with van der Waals surface area (Å²) >= 11 is 3.13. The Morgan fingerprint density at radius 3 is 2.79 bits per heavy atom. The van der Waals surface area contributed by atoms with E-state index in [0.717, 1.165) is 22.4 Å². The predicted octanol–water partition coefficient (Wildman–Crippen LogP) is 3.35. The Morgan fingerprint density at radius 1 is 1.32 bits per heavy atom. The van der Waals surface area contributed by atoms with Crippen LogP contribution in [0.2, 0.25) is 0 Å². The topological polar surface area (TPSA) is 86.0 Å². The van der Waals surface area contributed by atoms with Gasteiger partial charge >= 0.3 is 5.97 Å². The molecule has 0 saturated carbocycles. The third-order valence-corrected chi connectivity index (χ3v) is 5.73. The number of nitrogens with zero attached hydrogens (tertiary/aromatic N) is 6.